The van der Waals surface area contributed by atoms with Crippen LogP contribution in [0, 0.1) is 11.8 Å². The minimum atomic E-state index is 0.593. The molecule has 0 unspecified atom stereocenters. The van der Waals surface area contributed by atoms with E-state index in [2.05, 4.69) is 84.6 Å². The first kappa shape index (κ1) is 17.1. The first-order valence-corrected chi connectivity index (χ1v) is 9.04. The molecule has 0 saturated carbocycles. The fourth-order valence-electron chi connectivity index (χ4n) is 3.31. The fraction of sp³-hybridized carbons (Fsp3) is 0.0769. The lowest BCUT2D eigenvalue weighted by molar-refractivity contribution is 0.234. The maximum atomic E-state index is 5.11. The zero-order chi connectivity index (χ0) is 18.5. The fourth-order valence-corrected chi connectivity index (χ4v) is 3.31. The van der Waals surface area contributed by atoms with Crippen LogP contribution >= 0.6 is 0 Å². The van der Waals surface area contributed by atoms with Crippen molar-refractivity contribution in [2.75, 3.05) is 13.7 Å². The molecule has 0 amide bonds. The molecule has 0 aliphatic rings. The summed E-state index contributed by atoms with van der Waals surface area (Å²) in [5, 5.41) is 4.81. The largest absolute Gasteiger partial charge is 0.381 e. The number of hydrogen-bond acceptors (Lipinski definition) is 1. The smallest absolute Gasteiger partial charge is 0.0646 e. The lowest BCUT2D eigenvalue weighted by Gasteiger charge is -2.06. The van der Waals surface area contributed by atoms with Crippen molar-refractivity contribution in [2.24, 2.45) is 0 Å². The van der Waals surface area contributed by atoms with Crippen LogP contribution in [0.15, 0.2) is 84.9 Å². The maximum absolute atomic E-state index is 5.11. The van der Waals surface area contributed by atoms with Crippen molar-refractivity contribution in [1.29, 1.82) is 0 Å². The highest BCUT2D eigenvalue weighted by Gasteiger charge is 2.05. The van der Waals surface area contributed by atoms with Gasteiger partial charge in [-0.05, 0) is 39.2 Å². The molecule has 0 heterocycles. The van der Waals surface area contributed by atoms with E-state index in [0.717, 1.165) is 16.7 Å². The van der Waals surface area contributed by atoms with E-state index in [1.807, 2.05) is 18.2 Å². The molecular formula is C26H20O. The van der Waals surface area contributed by atoms with Crippen LogP contribution in [0.3, 0.4) is 0 Å². The molecule has 0 aromatic heterocycles. The Bertz CT molecular complexity index is 1130. The van der Waals surface area contributed by atoms with Gasteiger partial charge in [0.2, 0.25) is 0 Å². The molecule has 0 atom stereocenters. The Morgan fingerprint density at radius 2 is 1.41 bits per heavy atom. The second kappa shape index (κ2) is 7.91. The van der Waals surface area contributed by atoms with Crippen LogP contribution in [0.4, 0.5) is 0 Å². The van der Waals surface area contributed by atoms with Crippen LogP contribution in [0.1, 0.15) is 16.7 Å². The third kappa shape index (κ3) is 3.62. The highest BCUT2D eigenvalue weighted by molar-refractivity contribution is 6.04. The minimum absolute atomic E-state index is 0.593. The quantitative estimate of drug-likeness (QED) is 0.323. The molecule has 0 aliphatic heterocycles. The minimum Gasteiger partial charge on any atom is -0.381 e. The number of rotatable bonds is 3. The third-order valence-electron chi connectivity index (χ3n) is 4.61. The lowest BCUT2D eigenvalue weighted by Crippen LogP contribution is -1.86. The van der Waals surface area contributed by atoms with Gasteiger partial charge in [-0.1, -0.05) is 90.7 Å². The topological polar surface area (TPSA) is 9.23 Å². The van der Waals surface area contributed by atoms with E-state index in [4.69, 9.17) is 4.74 Å². The summed E-state index contributed by atoms with van der Waals surface area (Å²) in [5.41, 5.74) is 3.20. The summed E-state index contributed by atoms with van der Waals surface area (Å²) in [5.74, 6) is 6.86. The molecule has 0 fully saturated rings. The van der Waals surface area contributed by atoms with E-state index in [0.29, 0.717) is 6.61 Å². The summed E-state index contributed by atoms with van der Waals surface area (Å²) < 4.78 is 5.11. The number of hydrogen-bond donors (Lipinski definition) is 0. The first-order chi connectivity index (χ1) is 13.4. The molecule has 27 heavy (non-hydrogen) atoms. The van der Waals surface area contributed by atoms with Crippen LogP contribution in [-0.2, 0) is 4.74 Å². The van der Waals surface area contributed by atoms with Crippen LogP contribution in [0.5, 0.6) is 0 Å². The van der Waals surface area contributed by atoms with Crippen molar-refractivity contribution < 1.29 is 4.74 Å². The summed E-state index contributed by atoms with van der Waals surface area (Å²) in [4.78, 5) is 0. The van der Waals surface area contributed by atoms with Gasteiger partial charge in [-0.15, -0.1) is 0 Å². The average Bonchev–Trinajstić information content (AvgIpc) is 2.72. The Labute approximate surface area is 159 Å². The van der Waals surface area contributed by atoms with Crippen LogP contribution < -0.4 is 0 Å². The van der Waals surface area contributed by atoms with Gasteiger partial charge in [0.1, 0.15) is 0 Å². The Morgan fingerprint density at radius 3 is 2.11 bits per heavy atom. The molecule has 0 saturated heterocycles. The molecule has 0 N–H and O–H groups in total. The van der Waals surface area contributed by atoms with Crippen molar-refractivity contribution in [3.05, 3.63) is 102 Å². The highest BCUT2D eigenvalue weighted by atomic mass is 16.5. The average molecular weight is 348 g/mol. The lowest BCUT2D eigenvalue weighted by atomic mass is 9.96. The van der Waals surface area contributed by atoms with Gasteiger partial charge >= 0.3 is 0 Å². The van der Waals surface area contributed by atoms with Crippen molar-refractivity contribution in [2.45, 2.75) is 0 Å². The van der Waals surface area contributed by atoms with E-state index in [1.54, 1.807) is 7.11 Å². The summed E-state index contributed by atoms with van der Waals surface area (Å²) >= 11 is 0. The molecular weight excluding hydrogens is 328 g/mol. The van der Waals surface area contributed by atoms with Gasteiger partial charge in [-0.25, -0.2) is 0 Å². The molecule has 1 heteroatoms. The molecule has 4 aromatic carbocycles. The van der Waals surface area contributed by atoms with E-state index >= 15 is 0 Å². The second-order valence-electron chi connectivity index (χ2n) is 6.39. The number of ether oxygens (including phenoxy) is 1. The van der Waals surface area contributed by atoms with E-state index in [1.165, 1.54) is 21.5 Å². The molecule has 0 spiro atoms. The van der Waals surface area contributed by atoms with E-state index in [-0.39, 0.29) is 0 Å². The first-order valence-electron chi connectivity index (χ1n) is 9.04. The van der Waals surface area contributed by atoms with Crippen LogP contribution in [0.2, 0.25) is 0 Å². The molecule has 4 aromatic rings. The Morgan fingerprint density at radius 1 is 0.778 bits per heavy atom. The van der Waals surface area contributed by atoms with Crippen molar-refractivity contribution in [1.82, 2.24) is 0 Å². The Kier molecular flexibility index (Phi) is 5.01. The number of methoxy groups -OCH3 is 1. The summed E-state index contributed by atoms with van der Waals surface area (Å²) in [6.45, 7) is 0.593. The molecule has 4 rings (SSSR count). The second-order valence-corrected chi connectivity index (χ2v) is 6.39. The van der Waals surface area contributed by atoms with Gasteiger partial charge in [0.05, 0.1) is 6.61 Å². The Balaban J connectivity index is 1.88. The summed E-state index contributed by atoms with van der Waals surface area (Å²) in [7, 11) is 1.70. The number of benzene rings is 4. The van der Waals surface area contributed by atoms with Crippen molar-refractivity contribution in [3.8, 4) is 11.8 Å². The van der Waals surface area contributed by atoms with E-state index in [9.17, 15) is 0 Å². The van der Waals surface area contributed by atoms with Gasteiger partial charge in [0, 0.05) is 18.2 Å². The molecule has 130 valence electrons. The standard InChI is InChI=1S/C26H20O/c1-27-18-8-13-20-9-2-3-10-21(20)16-17-26-24-14-6-4-11-22(24)19-23-12-5-7-15-25(23)26/h2-15,19H,18H2,1H3/b13-8+. The SMILES string of the molecule is COC/C=C/c1ccccc1C#Cc1c2ccccc2cc2ccccc12. The predicted molar refractivity (Wildman–Crippen MR) is 115 cm³/mol. The van der Waals surface area contributed by atoms with E-state index < -0.39 is 0 Å². The van der Waals surface area contributed by atoms with Crippen LogP contribution in [0.25, 0.3) is 27.6 Å². The summed E-state index contributed by atoms with van der Waals surface area (Å²) in [6.07, 6.45) is 4.07. The van der Waals surface area contributed by atoms with Crippen molar-refractivity contribution in [3.63, 3.8) is 0 Å². The highest BCUT2D eigenvalue weighted by Crippen LogP contribution is 2.27. The van der Waals surface area contributed by atoms with Crippen LogP contribution in [-0.4, -0.2) is 13.7 Å². The zero-order valence-corrected chi connectivity index (χ0v) is 15.3. The Hall–Kier alpha value is -3.34. The van der Waals surface area contributed by atoms with Gasteiger partial charge in [-0.3, -0.25) is 0 Å². The van der Waals surface area contributed by atoms with Gasteiger partial charge in [0.25, 0.3) is 0 Å². The van der Waals surface area contributed by atoms with Gasteiger partial charge in [0.15, 0.2) is 0 Å². The molecule has 0 radical (unpaired) electrons. The predicted octanol–water partition coefficient (Wildman–Crippen LogP) is 6.05. The monoisotopic (exact) mass is 348 g/mol. The zero-order valence-electron chi connectivity index (χ0n) is 15.3. The molecule has 0 aliphatic carbocycles. The molecule has 1 nitrogen and oxygen atoms in total. The number of fused-ring (bicyclic) bond motifs is 2. The van der Waals surface area contributed by atoms with Gasteiger partial charge < -0.3 is 4.74 Å². The normalized spacial score (nSPS) is 11.0. The van der Waals surface area contributed by atoms with Crippen molar-refractivity contribution >= 4 is 27.6 Å². The molecule has 0 bridgehead atoms. The van der Waals surface area contributed by atoms with Gasteiger partial charge in [-0.2, -0.15) is 0 Å². The third-order valence-corrected chi connectivity index (χ3v) is 4.61. The maximum Gasteiger partial charge on any atom is 0.0646 e. The summed E-state index contributed by atoms with van der Waals surface area (Å²) in [6, 6.07) is 27.3.